The van der Waals surface area contributed by atoms with Crippen molar-refractivity contribution in [2.45, 2.75) is 111 Å². The number of amides is 3. The Kier molecular flexibility index (Phi) is 28.0. The zero-order valence-electron chi connectivity index (χ0n) is 32.5. The normalized spacial score (nSPS) is 13.6. The Hall–Kier alpha value is -2.65. The number of unbranched alkanes of at least 4 members (excludes halogenated alkanes) is 11. The van der Waals surface area contributed by atoms with Crippen LogP contribution in [0.5, 0.6) is 0 Å². The summed E-state index contributed by atoms with van der Waals surface area (Å²) in [5, 5.41) is 14.2. The predicted octanol–water partition coefficient (Wildman–Crippen LogP) is 3.59. The van der Waals surface area contributed by atoms with E-state index in [1.165, 1.54) is 44.9 Å². The molecule has 0 unspecified atom stereocenters. The van der Waals surface area contributed by atoms with Crippen molar-refractivity contribution in [2.24, 2.45) is 5.41 Å². The first-order valence-electron chi connectivity index (χ1n) is 19.6. The molecular formula is C38H70N4O10. The summed E-state index contributed by atoms with van der Waals surface area (Å²) in [6.45, 7) is 11.1. The fourth-order valence-electron chi connectivity index (χ4n) is 5.46. The van der Waals surface area contributed by atoms with Crippen LogP contribution in [0.15, 0.2) is 0 Å². The number of piperazine rings is 1. The molecule has 14 heteroatoms. The average molecular weight is 743 g/mol. The van der Waals surface area contributed by atoms with Crippen LogP contribution in [0.3, 0.4) is 0 Å². The number of nitrogens with zero attached hydrogens (tertiary/aromatic N) is 2. The maximum atomic E-state index is 12.6. The standard InChI is InChI=1S/C38H70N4O10/c1-38(2,3)33(43)31-51-28-26-50-25-19-40-35(45)32-52-29-27-49-24-18-39-34(44)30-41-20-22-42(23-21-41)36(46)16-14-12-10-8-6-4-5-7-9-11-13-15-17-37(47)48/h4-32H2,1-3H3,(H,39,44)(H,40,45)(H,47,48). The van der Waals surface area contributed by atoms with E-state index in [9.17, 15) is 24.0 Å². The van der Waals surface area contributed by atoms with Gasteiger partial charge in [0.25, 0.3) is 0 Å². The van der Waals surface area contributed by atoms with E-state index in [0.29, 0.717) is 85.3 Å². The lowest BCUT2D eigenvalue weighted by atomic mass is 9.91. The largest absolute Gasteiger partial charge is 0.481 e. The zero-order chi connectivity index (χ0) is 38.3. The fraction of sp³-hybridized carbons (Fsp3) is 0.868. The molecule has 0 aromatic heterocycles. The molecule has 0 spiro atoms. The summed E-state index contributed by atoms with van der Waals surface area (Å²) in [7, 11) is 0. The molecule has 1 fully saturated rings. The Morgan fingerprint density at radius 1 is 0.558 bits per heavy atom. The highest BCUT2D eigenvalue weighted by Crippen LogP contribution is 2.15. The van der Waals surface area contributed by atoms with Crippen LogP contribution >= 0.6 is 0 Å². The van der Waals surface area contributed by atoms with Crippen molar-refractivity contribution in [3.8, 4) is 0 Å². The van der Waals surface area contributed by atoms with Gasteiger partial charge < -0.3 is 39.6 Å². The molecule has 1 saturated heterocycles. The topological polar surface area (TPSA) is 173 Å². The first-order chi connectivity index (χ1) is 25.0. The minimum absolute atomic E-state index is 0.0389. The minimum Gasteiger partial charge on any atom is -0.481 e. The van der Waals surface area contributed by atoms with Crippen molar-refractivity contribution in [3.63, 3.8) is 0 Å². The Bertz CT molecular complexity index is 983. The molecule has 0 aromatic carbocycles. The number of ketones is 1. The van der Waals surface area contributed by atoms with Gasteiger partial charge in [-0.1, -0.05) is 85.0 Å². The molecular weight excluding hydrogens is 672 g/mol. The lowest BCUT2D eigenvalue weighted by Gasteiger charge is -2.34. The molecule has 14 nitrogen and oxygen atoms in total. The van der Waals surface area contributed by atoms with Gasteiger partial charge in [-0.2, -0.15) is 0 Å². The number of ether oxygens (including phenoxy) is 4. The number of hydrogen-bond donors (Lipinski definition) is 3. The van der Waals surface area contributed by atoms with Gasteiger partial charge in [0, 0.05) is 57.5 Å². The molecule has 0 aliphatic carbocycles. The summed E-state index contributed by atoms with van der Waals surface area (Å²) in [5.74, 6) is -0.772. The third-order valence-electron chi connectivity index (χ3n) is 8.81. The SMILES string of the molecule is CC(C)(C)C(=O)COCCOCCNC(=O)COCCOCCNC(=O)CN1CCN(C(=O)CCCCCCCCCCCCCCC(=O)O)CC1. The van der Waals surface area contributed by atoms with Crippen molar-refractivity contribution in [3.05, 3.63) is 0 Å². The van der Waals surface area contributed by atoms with Gasteiger partial charge in [-0.05, 0) is 12.8 Å². The second kappa shape index (κ2) is 30.8. The van der Waals surface area contributed by atoms with Gasteiger partial charge in [0.05, 0.1) is 46.2 Å². The van der Waals surface area contributed by atoms with E-state index >= 15 is 0 Å². The lowest BCUT2D eigenvalue weighted by Crippen LogP contribution is -2.51. The number of carboxylic acids is 1. The average Bonchev–Trinajstić information content (AvgIpc) is 3.10. The summed E-state index contributed by atoms with van der Waals surface area (Å²) >= 11 is 0. The van der Waals surface area contributed by atoms with Gasteiger partial charge in [0.1, 0.15) is 13.2 Å². The van der Waals surface area contributed by atoms with E-state index in [1.54, 1.807) is 0 Å². The van der Waals surface area contributed by atoms with E-state index < -0.39 is 11.4 Å². The number of carbonyl (C=O) groups excluding carboxylic acids is 4. The maximum absolute atomic E-state index is 12.6. The third-order valence-corrected chi connectivity index (χ3v) is 8.81. The molecule has 1 aliphatic rings. The van der Waals surface area contributed by atoms with E-state index in [-0.39, 0.29) is 49.7 Å². The third kappa shape index (κ3) is 27.9. The highest BCUT2D eigenvalue weighted by atomic mass is 16.5. The Morgan fingerprint density at radius 3 is 1.50 bits per heavy atom. The Morgan fingerprint density at radius 2 is 1.00 bits per heavy atom. The van der Waals surface area contributed by atoms with E-state index in [0.717, 1.165) is 32.1 Å². The highest BCUT2D eigenvalue weighted by molar-refractivity contribution is 5.84. The molecule has 0 bridgehead atoms. The molecule has 3 amide bonds. The van der Waals surface area contributed by atoms with Crippen molar-refractivity contribution in [1.29, 1.82) is 0 Å². The number of carbonyl (C=O) groups is 5. The van der Waals surface area contributed by atoms with Crippen LogP contribution in [0.1, 0.15) is 111 Å². The van der Waals surface area contributed by atoms with Crippen LogP contribution in [0.25, 0.3) is 0 Å². The van der Waals surface area contributed by atoms with Crippen molar-refractivity contribution >= 4 is 29.5 Å². The molecule has 1 heterocycles. The van der Waals surface area contributed by atoms with Crippen LogP contribution in [0.2, 0.25) is 0 Å². The van der Waals surface area contributed by atoms with Crippen LogP contribution in [0.4, 0.5) is 0 Å². The number of carboxylic acid groups (broad SMARTS) is 1. The Labute approximate surface area is 312 Å². The van der Waals surface area contributed by atoms with Gasteiger partial charge >= 0.3 is 5.97 Å². The summed E-state index contributed by atoms with van der Waals surface area (Å²) in [6, 6.07) is 0. The van der Waals surface area contributed by atoms with Crippen LogP contribution in [-0.4, -0.2) is 143 Å². The van der Waals surface area contributed by atoms with E-state index in [1.807, 2.05) is 25.7 Å². The monoisotopic (exact) mass is 743 g/mol. The first-order valence-corrected chi connectivity index (χ1v) is 19.6. The fourth-order valence-corrected chi connectivity index (χ4v) is 5.46. The molecule has 302 valence electrons. The van der Waals surface area contributed by atoms with Gasteiger partial charge in [-0.25, -0.2) is 0 Å². The summed E-state index contributed by atoms with van der Waals surface area (Å²) in [5.41, 5.74) is -0.418. The maximum Gasteiger partial charge on any atom is 0.303 e. The summed E-state index contributed by atoms with van der Waals surface area (Å²) < 4.78 is 21.5. The summed E-state index contributed by atoms with van der Waals surface area (Å²) in [4.78, 5) is 63.1. The molecule has 52 heavy (non-hydrogen) atoms. The van der Waals surface area contributed by atoms with Gasteiger partial charge in [0.15, 0.2) is 5.78 Å². The van der Waals surface area contributed by atoms with Crippen LogP contribution in [-0.2, 0) is 42.9 Å². The second-order valence-electron chi connectivity index (χ2n) is 14.5. The first kappa shape index (κ1) is 47.4. The van der Waals surface area contributed by atoms with Gasteiger partial charge in [0.2, 0.25) is 17.7 Å². The van der Waals surface area contributed by atoms with E-state index in [2.05, 4.69) is 15.5 Å². The predicted molar refractivity (Wildman–Crippen MR) is 199 cm³/mol. The van der Waals surface area contributed by atoms with Crippen LogP contribution < -0.4 is 10.6 Å². The molecule has 0 aromatic rings. The number of Topliss-reactive ketones (excluding diaryl/α,β-unsaturated/α-hetero) is 1. The van der Waals surface area contributed by atoms with Crippen molar-refractivity contribution in [2.75, 3.05) is 98.7 Å². The number of nitrogens with one attached hydrogen (secondary N) is 2. The van der Waals surface area contributed by atoms with Crippen molar-refractivity contribution < 1.29 is 48.0 Å². The van der Waals surface area contributed by atoms with Gasteiger partial charge in [-0.15, -0.1) is 0 Å². The van der Waals surface area contributed by atoms with Crippen molar-refractivity contribution in [1.82, 2.24) is 20.4 Å². The molecule has 1 rings (SSSR count). The van der Waals surface area contributed by atoms with Gasteiger partial charge in [-0.3, -0.25) is 28.9 Å². The van der Waals surface area contributed by atoms with E-state index in [4.69, 9.17) is 24.1 Å². The molecule has 0 atom stereocenters. The highest BCUT2D eigenvalue weighted by Gasteiger charge is 2.22. The zero-order valence-corrected chi connectivity index (χ0v) is 32.5. The number of aliphatic carboxylic acids is 1. The number of hydrogen-bond acceptors (Lipinski definition) is 10. The smallest absolute Gasteiger partial charge is 0.303 e. The second-order valence-corrected chi connectivity index (χ2v) is 14.5. The molecule has 3 N–H and O–H groups in total. The Balaban J connectivity index is 1.88. The lowest BCUT2D eigenvalue weighted by molar-refractivity contribution is -0.137. The molecule has 1 aliphatic heterocycles. The molecule has 0 saturated carbocycles. The number of rotatable bonds is 33. The minimum atomic E-state index is -0.698. The summed E-state index contributed by atoms with van der Waals surface area (Å²) in [6.07, 6.45) is 14.4. The quantitative estimate of drug-likeness (QED) is 0.0840. The van der Waals surface area contributed by atoms with Crippen LogP contribution in [0, 0.1) is 5.41 Å². The molecule has 0 radical (unpaired) electrons.